The number of hydrogen-bond donors (Lipinski definition) is 2. The lowest BCUT2D eigenvalue weighted by Gasteiger charge is -2.43. The Hall–Kier alpha value is -0.650. The number of rotatable bonds is 4. The highest BCUT2D eigenvalue weighted by atomic mass is 35.5. The summed E-state index contributed by atoms with van der Waals surface area (Å²) in [4.78, 5) is 17.2. The second-order valence-corrected chi connectivity index (χ2v) is 9.49. The van der Waals surface area contributed by atoms with E-state index in [0.29, 0.717) is 24.4 Å². The summed E-state index contributed by atoms with van der Waals surface area (Å²) in [5.41, 5.74) is 7.51. The molecule has 0 radical (unpaired) electrons. The molecule has 0 spiro atoms. The van der Waals surface area contributed by atoms with Crippen LogP contribution in [0, 0.1) is 17.8 Å². The molecule has 2 aliphatic rings. The number of nitrogens with one attached hydrogen (secondary N) is 1. The quantitative estimate of drug-likeness (QED) is 0.830. The van der Waals surface area contributed by atoms with Crippen LogP contribution in [0.1, 0.15) is 63.6 Å². The van der Waals surface area contributed by atoms with E-state index in [1.54, 1.807) is 11.3 Å². The van der Waals surface area contributed by atoms with Gasteiger partial charge in [0.15, 0.2) is 0 Å². The van der Waals surface area contributed by atoms with Gasteiger partial charge in [0.25, 0.3) is 0 Å². The third-order valence-corrected chi connectivity index (χ3v) is 6.97. The van der Waals surface area contributed by atoms with Crippen molar-refractivity contribution in [3.05, 3.63) is 16.1 Å². The maximum atomic E-state index is 12.5. The van der Waals surface area contributed by atoms with E-state index in [1.165, 1.54) is 19.3 Å². The lowest BCUT2D eigenvalue weighted by molar-refractivity contribution is -0.127. The fourth-order valence-corrected chi connectivity index (χ4v) is 5.17. The maximum absolute atomic E-state index is 12.5. The summed E-state index contributed by atoms with van der Waals surface area (Å²) in [7, 11) is 0. The normalized spacial score (nSPS) is 29.0. The van der Waals surface area contributed by atoms with Gasteiger partial charge in [0.05, 0.1) is 10.7 Å². The first kappa shape index (κ1) is 20.7. The SMILES string of the molecule is CC(C)(C)c1nc(CCNC(=O)C2CC3CCCC(C2)C3N)cs1.Cl. The zero-order chi connectivity index (χ0) is 17.3. The lowest BCUT2D eigenvalue weighted by Crippen LogP contribution is -2.49. The molecule has 3 rings (SSSR count). The highest BCUT2D eigenvalue weighted by molar-refractivity contribution is 7.09. The Labute approximate surface area is 161 Å². The topological polar surface area (TPSA) is 68.0 Å². The molecule has 2 atom stereocenters. The van der Waals surface area contributed by atoms with Crippen LogP contribution in [0.3, 0.4) is 0 Å². The van der Waals surface area contributed by atoms with Gasteiger partial charge in [-0.25, -0.2) is 4.98 Å². The Morgan fingerprint density at radius 2 is 1.96 bits per heavy atom. The van der Waals surface area contributed by atoms with Crippen molar-refractivity contribution in [1.29, 1.82) is 0 Å². The van der Waals surface area contributed by atoms with Crippen molar-refractivity contribution in [2.75, 3.05) is 6.54 Å². The molecule has 3 N–H and O–H groups in total. The highest BCUT2D eigenvalue weighted by Crippen LogP contribution is 2.41. The molecule has 2 fully saturated rings. The summed E-state index contributed by atoms with van der Waals surface area (Å²) >= 11 is 1.72. The number of amides is 1. The number of aromatic nitrogens is 1. The van der Waals surface area contributed by atoms with E-state index in [9.17, 15) is 4.79 Å². The molecule has 1 aromatic heterocycles. The molecule has 0 aliphatic heterocycles. The number of halogens is 1. The molecule has 1 amide bonds. The van der Waals surface area contributed by atoms with Crippen molar-refractivity contribution >= 4 is 29.7 Å². The van der Waals surface area contributed by atoms with Gasteiger partial charge in [0.2, 0.25) is 5.91 Å². The molecule has 0 aromatic carbocycles. The van der Waals surface area contributed by atoms with Gasteiger partial charge >= 0.3 is 0 Å². The van der Waals surface area contributed by atoms with Crippen molar-refractivity contribution in [1.82, 2.24) is 10.3 Å². The van der Waals surface area contributed by atoms with E-state index in [-0.39, 0.29) is 29.6 Å². The van der Waals surface area contributed by atoms with E-state index in [2.05, 4.69) is 31.5 Å². The number of hydrogen-bond acceptors (Lipinski definition) is 4. The van der Waals surface area contributed by atoms with E-state index < -0.39 is 0 Å². The number of nitrogens with two attached hydrogens (primary N) is 1. The van der Waals surface area contributed by atoms with Gasteiger partial charge < -0.3 is 11.1 Å². The Morgan fingerprint density at radius 1 is 1.32 bits per heavy atom. The monoisotopic (exact) mass is 385 g/mol. The van der Waals surface area contributed by atoms with Gasteiger partial charge in [0.1, 0.15) is 0 Å². The minimum atomic E-state index is 0. The van der Waals surface area contributed by atoms with Gasteiger partial charge in [0, 0.05) is 35.7 Å². The molecule has 0 saturated heterocycles. The summed E-state index contributed by atoms with van der Waals surface area (Å²) in [6.45, 7) is 7.23. The summed E-state index contributed by atoms with van der Waals surface area (Å²) in [5, 5.41) is 6.42. The first-order chi connectivity index (χ1) is 11.3. The Balaban J connectivity index is 0.00000225. The summed E-state index contributed by atoms with van der Waals surface area (Å²) in [6.07, 6.45) is 6.48. The van der Waals surface area contributed by atoms with Crippen LogP contribution in [0.2, 0.25) is 0 Å². The summed E-state index contributed by atoms with van der Waals surface area (Å²) in [5.74, 6) is 1.51. The minimum Gasteiger partial charge on any atom is -0.355 e. The number of carbonyl (C=O) groups is 1. The van der Waals surface area contributed by atoms with Gasteiger partial charge in [-0.2, -0.15) is 0 Å². The second-order valence-electron chi connectivity index (χ2n) is 8.63. The molecule has 6 heteroatoms. The number of nitrogens with zero attached hydrogens (tertiary/aromatic N) is 1. The molecule has 2 bridgehead atoms. The average Bonchev–Trinajstić information content (AvgIpc) is 2.95. The molecule has 4 nitrogen and oxygen atoms in total. The minimum absolute atomic E-state index is 0. The zero-order valence-corrected chi connectivity index (χ0v) is 17.2. The smallest absolute Gasteiger partial charge is 0.223 e. The molecule has 25 heavy (non-hydrogen) atoms. The average molecular weight is 386 g/mol. The van der Waals surface area contributed by atoms with Crippen LogP contribution < -0.4 is 11.1 Å². The van der Waals surface area contributed by atoms with E-state index >= 15 is 0 Å². The van der Waals surface area contributed by atoms with Gasteiger partial charge in [-0.15, -0.1) is 23.7 Å². The third kappa shape index (κ3) is 4.95. The van der Waals surface area contributed by atoms with Crippen molar-refractivity contribution in [2.24, 2.45) is 23.5 Å². The maximum Gasteiger partial charge on any atom is 0.223 e. The first-order valence-corrected chi connectivity index (χ1v) is 10.2. The predicted molar refractivity (Wildman–Crippen MR) is 106 cm³/mol. The Bertz CT molecular complexity index is 569. The third-order valence-electron chi connectivity index (χ3n) is 5.66. The lowest BCUT2D eigenvalue weighted by atomic mass is 9.65. The second kappa shape index (κ2) is 8.36. The van der Waals surface area contributed by atoms with Crippen molar-refractivity contribution in [3.63, 3.8) is 0 Å². The number of fused-ring (bicyclic) bond motifs is 2. The number of thiazole rings is 1. The van der Waals surface area contributed by atoms with E-state index in [0.717, 1.165) is 30.0 Å². The summed E-state index contributed by atoms with van der Waals surface area (Å²) in [6, 6.07) is 0.327. The van der Waals surface area contributed by atoms with Crippen LogP contribution in [0.5, 0.6) is 0 Å². The first-order valence-electron chi connectivity index (χ1n) is 9.33. The van der Waals surface area contributed by atoms with Crippen molar-refractivity contribution in [3.8, 4) is 0 Å². The molecule has 2 saturated carbocycles. The molecule has 1 aromatic rings. The standard InChI is InChI=1S/C19H31N3OS.ClH/c1-19(2,3)18-22-15(11-24-18)7-8-21-17(23)14-9-12-5-4-6-13(10-14)16(12)20;/h11-14,16H,4-10,20H2,1-3H3,(H,21,23);1H. The molecule has 1 heterocycles. The molecule has 2 aliphatic carbocycles. The van der Waals surface area contributed by atoms with Crippen LogP contribution in [0.15, 0.2) is 5.38 Å². The summed E-state index contributed by atoms with van der Waals surface area (Å²) < 4.78 is 0. The van der Waals surface area contributed by atoms with Crippen molar-refractivity contribution in [2.45, 2.75) is 70.8 Å². The van der Waals surface area contributed by atoms with Crippen LogP contribution >= 0.6 is 23.7 Å². The van der Waals surface area contributed by atoms with Crippen LogP contribution in [-0.4, -0.2) is 23.5 Å². The van der Waals surface area contributed by atoms with Crippen LogP contribution in [0.25, 0.3) is 0 Å². The Kier molecular flexibility index (Phi) is 6.91. The predicted octanol–water partition coefficient (Wildman–Crippen LogP) is 3.67. The van der Waals surface area contributed by atoms with Crippen molar-refractivity contribution < 1.29 is 4.79 Å². The largest absolute Gasteiger partial charge is 0.355 e. The van der Waals surface area contributed by atoms with Gasteiger partial charge in [-0.05, 0) is 37.5 Å². The molecule has 142 valence electrons. The molecular weight excluding hydrogens is 354 g/mol. The van der Waals surface area contributed by atoms with E-state index in [4.69, 9.17) is 10.7 Å². The van der Waals surface area contributed by atoms with Crippen LogP contribution in [-0.2, 0) is 16.6 Å². The van der Waals surface area contributed by atoms with Crippen LogP contribution in [0.4, 0.5) is 0 Å². The van der Waals surface area contributed by atoms with Gasteiger partial charge in [-0.1, -0.05) is 27.2 Å². The highest BCUT2D eigenvalue weighted by Gasteiger charge is 2.40. The Morgan fingerprint density at radius 3 is 2.52 bits per heavy atom. The van der Waals surface area contributed by atoms with E-state index in [1.807, 2.05) is 0 Å². The molecule has 2 unspecified atom stereocenters. The molecular formula is C19H32ClN3OS. The zero-order valence-electron chi connectivity index (χ0n) is 15.6. The fraction of sp³-hybridized carbons (Fsp3) is 0.789. The fourth-order valence-electron chi connectivity index (χ4n) is 4.23. The van der Waals surface area contributed by atoms with Gasteiger partial charge in [-0.3, -0.25) is 4.79 Å². The number of carbonyl (C=O) groups excluding carboxylic acids is 1.